The summed E-state index contributed by atoms with van der Waals surface area (Å²) >= 11 is 0. The number of rotatable bonds is 7. The molecule has 0 fully saturated rings. The molecular weight excluding hydrogens is 1610 g/mol. The second kappa shape index (κ2) is 46.2. The van der Waals surface area contributed by atoms with Gasteiger partial charge < -0.3 is 70.1 Å². The predicted octanol–water partition coefficient (Wildman–Crippen LogP) is 17.9. The van der Waals surface area contributed by atoms with Gasteiger partial charge in [0, 0.05) is 24.2 Å². The number of alkyl halides is 3. The van der Waals surface area contributed by atoms with Crippen molar-refractivity contribution in [3.63, 3.8) is 0 Å². The number of methoxy groups -OCH3 is 5. The molecule has 26 heteroatoms. The SMILES string of the molecule is Br.CC(C)(C)OC(=O)OC(=O)OC(C)(C)C.COC(=O)c1ccc2c(c1)C[C@H](C)CC2.COC(=O)c1ccc2c(c1)C[C@H](N)CC2.COc1ccc2c(c1)CC(N)CC2.COc1ccc2c(c1)C[C@H](N)CC2.COc1ccc2c(c1)C[C@H](N)CC2.C[C@@H]1CCc2ccc(O)cc2C1.C[C@@H]1CCc2ccc(OS(=O)(=O)C(F)(F)F)cc2C1.Cl. The van der Waals surface area contributed by atoms with Crippen molar-refractivity contribution in [3.8, 4) is 28.7 Å². The zero-order valence-corrected chi connectivity index (χ0v) is 73.6. The molecule has 14 rings (SSSR count). The van der Waals surface area contributed by atoms with Crippen molar-refractivity contribution >= 4 is 63.8 Å². The maximum atomic E-state index is 12.2. The van der Waals surface area contributed by atoms with E-state index in [1.165, 1.54) is 112 Å². The molecule has 117 heavy (non-hydrogen) atoms. The van der Waals surface area contributed by atoms with Crippen LogP contribution in [0.5, 0.6) is 28.7 Å². The molecule has 0 heterocycles. The molecule has 7 aromatic carbocycles. The van der Waals surface area contributed by atoms with E-state index < -0.39 is 39.1 Å². The first-order chi connectivity index (χ1) is 54.2. The highest BCUT2D eigenvalue weighted by Crippen LogP contribution is 2.35. The average molecular weight is 1730 g/mol. The molecule has 7 aliphatic rings. The van der Waals surface area contributed by atoms with Crippen molar-refractivity contribution in [2.75, 3.05) is 35.5 Å². The Kier molecular flexibility index (Phi) is 39.2. The fourth-order valence-corrected chi connectivity index (χ4v) is 15.0. The second-order valence-corrected chi connectivity index (χ2v) is 34.3. The fraction of sp³-hybridized carbons (Fsp3) is 0.495. The average Bonchev–Trinajstić information content (AvgIpc) is 0.719. The van der Waals surface area contributed by atoms with Gasteiger partial charge in [0.25, 0.3) is 0 Å². The molecule has 0 radical (unpaired) electrons. The monoisotopic (exact) mass is 1730 g/mol. The summed E-state index contributed by atoms with van der Waals surface area (Å²) in [5, 5.41) is 9.27. The lowest BCUT2D eigenvalue weighted by Crippen LogP contribution is -2.29. The summed E-state index contributed by atoms with van der Waals surface area (Å²) < 4.78 is 101. The summed E-state index contributed by atoms with van der Waals surface area (Å²) in [5.74, 6) is 4.35. The molecule has 7 aromatic rings. The Labute approximate surface area is 706 Å². The van der Waals surface area contributed by atoms with Crippen LogP contribution in [0.3, 0.4) is 0 Å². The number of phenols is 1. The zero-order chi connectivity index (χ0) is 84.5. The van der Waals surface area contributed by atoms with E-state index in [9.17, 15) is 45.9 Å². The van der Waals surface area contributed by atoms with Crippen LogP contribution in [0.2, 0.25) is 0 Å². The molecule has 20 nitrogen and oxygen atoms in total. The number of nitrogens with two attached hydrogens (primary N) is 4. The van der Waals surface area contributed by atoms with Crippen LogP contribution in [0.25, 0.3) is 0 Å². The van der Waals surface area contributed by atoms with Gasteiger partial charge in [-0.3, -0.25) is 0 Å². The minimum Gasteiger partial charge on any atom is -0.508 e. The van der Waals surface area contributed by atoms with Crippen LogP contribution in [0, 0.1) is 17.8 Å². The molecule has 1 unspecified atom stereocenters. The number of esters is 2. The summed E-state index contributed by atoms with van der Waals surface area (Å²) in [4.78, 5) is 44.7. The third-order valence-corrected chi connectivity index (χ3v) is 21.8. The maximum absolute atomic E-state index is 12.2. The van der Waals surface area contributed by atoms with Gasteiger partial charge in [0.2, 0.25) is 0 Å². The van der Waals surface area contributed by atoms with Gasteiger partial charge in [0.15, 0.2) is 0 Å². The maximum Gasteiger partial charge on any atom is 0.534 e. The van der Waals surface area contributed by atoms with Crippen molar-refractivity contribution in [2.45, 2.75) is 238 Å². The highest BCUT2D eigenvalue weighted by Gasteiger charge is 2.48. The van der Waals surface area contributed by atoms with Crippen molar-refractivity contribution in [1.29, 1.82) is 0 Å². The lowest BCUT2D eigenvalue weighted by atomic mass is 9.84. The topological polar surface area (TPSA) is 310 Å². The molecule has 9 N–H and O–H groups in total. The van der Waals surface area contributed by atoms with Gasteiger partial charge in [0.1, 0.15) is 39.9 Å². The second-order valence-electron chi connectivity index (χ2n) is 32.8. The van der Waals surface area contributed by atoms with Crippen LogP contribution in [0.1, 0.15) is 206 Å². The quantitative estimate of drug-likeness (QED) is 0.0325. The normalized spacial score (nSPS) is 19.0. The van der Waals surface area contributed by atoms with Gasteiger partial charge in [-0.15, -0.1) is 29.4 Å². The molecule has 0 aromatic heterocycles. The van der Waals surface area contributed by atoms with E-state index in [-0.39, 0.29) is 53.1 Å². The Balaban J connectivity index is 0.000000239. The van der Waals surface area contributed by atoms with Crippen molar-refractivity contribution in [3.05, 3.63) is 216 Å². The minimum absolute atomic E-state index is 0. The lowest BCUT2D eigenvalue weighted by molar-refractivity contribution is -0.0500. The van der Waals surface area contributed by atoms with Crippen LogP contribution in [-0.2, 0) is 124 Å². The van der Waals surface area contributed by atoms with E-state index in [2.05, 4.69) is 76.0 Å². The summed E-state index contributed by atoms with van der Waals surface area (Å²) in [7, 11) is 2.32. The number of aryl methyl sites for hydroxylation is 7. The third-order valence-electron chi connectivity index (χ3n) is 20.8. The summed E-state index contributed by atoms with van der Waals surface area (Å²) in [5.41, 5.74) is 36.3. The number of aromatic hydroxyl groups is 1. The van der Waals surface area contributed by atoms with Crippen LogP contribution in [0.15, 0.2) is 127 Å². The summed E-state index contributed by atoms with van der Waals surface area (Å²) in [6, 6.07) is 41.7. The van der Waals surface area contributed by atoms with Crippen LogP contribution < -0.4 is 41.3 Å². The van der Waals surface area contributed by atoms with Crippen LogP contribution in [-0.4, -0.2) is 114 Å². The molecule has 644 valence electrons. The minimum atomic E-state index is -5.59. The van der Waals surface area contributed by atoms with Crippen LogP contribution in [0.4, 0.5) is 22.8 Å². The van der Waals surface area contributed by atoms with Crippen LogP contribution >= 0.6 is 29.4 Å². The Morgan fingerprint density at radius 1 is 0.376 bits per heavy atom. The van der Waals surface area contributed by atoms with Gasteiger partial charge in [0.05, 0.1) is 46.7 Å². The summed E-state index contributed by atoms with van der Waals surface area (Å²) in [6.07, 6.45) is 20.1. The molecule has 7 atom stereocenters. The number of carbonyl (C=O) groups is 4. The van der Waals surface area contributed by atoms with E-state index >= 15 is 0 Å². The molecule has 0 spiro atoms. The molecule has 0 aliphatic heterocycles. The van der Waals surface area contributed by atoms with E-state index in [0.717, 1.165) is 156 Å². The Hall–Kier alpha value is -8.43. The Bertz CT molecular complexity index is 4260. The van der Waals surface area contributed by atoms with Crippen molar-refractivity contribution in [2.24, 2.45) is 40.7 Å². The first kappa shape index (κ1) is 99.1. The fourth-order valence-electron chi connectivity index (χ4n) is 14.6. The van der Waals surface area contributed by atoms with E-state index in [4.69, 9.17) is 51.4 Å². The van der Waals surface area contributed by atoms with Gasteiger partial charge in [-0.25, -0.2) is 19.2 Å². The Morgan fingerprint density at radius 2 is 0.632 bits per heavy atom. The number of phenolic OH excluding ortho intramolecular Hbond substituents is 1. The molecule has 7 aliphatic carbocycles. The molecule has 0 amide bonds. The standard InChI is InChI=1S/C13H16O2.C12H13F3O3S.C12H15NO2.3C11H15NO.C11H14O.C10H18O5.BrH.ClH/c1-9-3-4-10-5-6-11(13(14)15-2)8-12(10)7-9;1-8-2-3-9-4-5-11(7-10(9)6-8)18-19(16,17)12(13,14)15;1-15-12(14)9-3-2-8-4-5-11(13)7-10(8)6-9;3*1-13-11-5-3-8-2-4-10(12)6-9(8)7-11;1-8-2-3-9-4-5-11(12)7-10(9)6-8;1-9(2,3)14-7(11)13-8(12)15-10(4,5)6;;/h5-6,8-9H,3-4,7H2,1-2H3;4-5,7-8H,2-3,6H2,1H3;2-3,6,11H,4-5,7,13H2,1H3;3*3,5,7,10H,2,4,6,12H2,1H3;4-5,7-8,12H,2-3,6H2,1H3;1-6H3;2*1H/t9-;8-;11-;2*10-;;8-;;;/m11111.1.../s1. The molecule has 0 saturated carbocycles. The highest BCUT2D eigenvalue weighted by molar-refractivity contribution is 8.93. The number of benzene rings is 7. The zero-order valence-electron chi connectivity index (χ0n) is 70.3. The Morgan fingerprint density at radius 3 is 0.932 bits per heavy atom. The smallest absolute Gasteiger partial charge is 0.508 e. The van der Waals surface area contributed by atoms with E-state index in [1.54, 1.807) is 75.0 Å². The molecular formula is C91H123BrClF3N4O16S. The van der Waals surface area contributed by atoms with E-state index in [0.29, 0.717) is 40.9 Å². The first-order valence-corrected chi connectivity index (χ1v) is 41.1. The predicted molar refractivity (Wildman–Crippen MR) is 459 cm³/mol. The number of fused-ring (bicyclic) bond motifs is 7. The highest BCUT2D eigenvalue weighted by atomic mass is 79.9. The number of halogens is 5. The van der Waals surface area contributed by atoms with Gasteiger partial charge >= 0.3 is 39.9 Å². The number of hydrogen-bond acceptors (Lipinski definition) is 20. The number of hydrogen-bond donors (Lipinski definition) is 5. The number of carbonyl (C=O) groups excluding carboxylic acids is 4. The first-order valence-electron chi connectivity index (χ1n) is 39.7. The van der Waals surface area contributed by atoms with Crippen molar-refractivity contribution < 1.29 is 88.0 Å². The largest absolute Gasteiger partial charge is 0.534 e. The molecule has 0 saturated heterocycles. The lowest BCUT2D eigenvalue weighted by Gasteiger charge is -2.22. The van der Waals surface area contributed by atoms with Crippen molar-refractivity contribution in [1.82, 2.24) is 0 Å². The van der Waals surface area contributed by atoms with Gasteiger partial charge in [-0.2, -0.15) is 21.6 Å². The van der Waals surface area contributed by atoms with Gasteiger partial charge in [-0.05, 0) is 357 Å². The number of ether oxygens (including phenoxy) is 8. The summed E-state index contributed by atoms with van der Waals surface area (Å²) in [6.45, 7) is 16.6. The molecule has 0 bridgehead atoms. The van der Waals surface area contributed by atoms with E-state index in [1.807, 2.05) is 61.5 Å². The third kappa shape index (κ3) is 32.7. The van der Waals surface area contributed by atoms with Gasteiger partial charge in [-0.1, -0.05) is 63.2 Å².